The zero-order valence-electron chi connectivity index (χ0n) is 13.4. The lowest BCUT2D eigenvalue weighted by molar-refractivity contribution is 0.390. The van der Waals surface area contributed by atoms with Crippen molar-refractivity contribution in [1.82, 2.24) is 9.55 Å². The predicted octanol–water partition coefficient (Wildman–Crippen LogP) is 2.77. The SMILES string of the molecule is COc1ccc(Cn2ccc3cc(C)cnc3c2=O)c(OC)c1. The number of rotatable bonds is 4. The molecule has 0 aliphatic rings. The highest BCUT2D eigenvalue weighted by Crippen LogP contribution is 2.25. The summed E-state index contributed by atoms with van der Waals surface area (Å²) in [5.41, 5.74) is 2.30. The maximum atomic E-state index is 12.6. The molecule has 5 nitrogen and oxygen atoms in total. The molecular weight excluding hydrogens is 292 g/mol. The van der Waals surface area contributed by atoms with Crippen LogP contribution in [0.2, 0.25) is 0 Å². The molecule has 2 heterocycles. The highest BCUT2D eigenvalue weighted by atomic mass is 16.5. The van der Waals surface area contributed by atoms with Gasteiger partial charge in [-0.05, 0) is 36.8 Å². The second-order valence-corrected chi connectivity index (χ2v) is 5.38. The molecule has 0 saturated heterocycles. The molecule has 0 N–H and O–H groups in total. The van der Waals surface area contributed by atoms with Crippen molar-refractivity contribution in [3.05, 3.63) is 64.2 Å². The minimum absolute atomic E-state index is 0.111. The normalized spacial score (nSPS) is 10.7. The first-order valence-electron chi connectivity index (χ1n) is 7.29. The fourth-order valence-corrected chi connectivity index (χ4v) is 2.56. The largest absolute Gasteiger partial charge is 0.497 e. The van der Waals surface area contributed by atoms with Crippen molar-refractivity contribution >= 4 is 10.9 Å². The number of nitrogens with zero attached hydrogens (tertiary/aromatic N) is 2. The van der Waals surface area contributed by atoms with Crippen LogP contribution in [0.1, 0.15) is 11.1 Å². The highest BCUT2D eigenvalue weighted by Gasteiger charge is 2.09. The van der Waals surface area contributed by atoms with Crippen LogP contribution in [0, 0.1) is 6.92 Å². The highest BCUT2D eigenvalue weighted by molar-refractivity contribution is 5.77. The van der Waals surface area contributed by atoms with Gasteiger partial charge in [0, 0.05) is 29.4 Å². The summed E-state index contributed by atoms with van der Waals surface area (Å²) in [6, 6.07) is 9.43. The lowest BCUT2D eigenvalue weighted by Gasteiger charge is -2.12. The summed E-state index contributed by atoms with van der Waals surface area (Å²) in [6.07, 6.45) is 3.50. The topological polar surface area (TPSA) is 53.4 Å². The van der Waals surface area contributed by atoms with Gasteiger partial charge in [-0.15, -0.1) is 0 Å². The van der Waals surface area contributed by atoms with Gasteiger partial charge in [0.15, 0.2) is 0 Å². The third-order valence-corrected chi connectivity index (χ3v) is 3.79. The molecule has 0 amide bonds. The maximum absolute atomic E-state index is 12.6. The van der Waals surface area contributed by atoms with Crippen LogP contribution in [0.25, 0.3) is 10.9 Å². The first-order chi connectivity index (χ1) is 11.1. The molecule has 1 aromatic carbocycles. The Balaban J connectivity index is 2.04. The number of benzene rings is 1. The molecule has 23 heavy (non-hydrogen) atoms. The third kappa shape index (κ3) is 2.90. The molecule has 118 valence electrons. The Morgan fingerprint density at radius 3 is 2.70 bits per heavy atom. The van der Waals surface area contributed by atoms with Gasteiger partial charge < -0.3 is 14.0 Å². The fraction of sp³-hybridized carbons (Fsp3) is 0.222. The molecule has 3 aromatic rings. The number of ether oxygens (including phenoxy) is 2. The minimum atomic E-state index is -0.111. The summed E-state index contributed by atoms with van der Waals surface area (Å²) in [5.74, 6) is 1.40. The maximum Gasteiger partial charge on any atom is 0.277 e. The molecule has 0 radical (unpaired) electrons. The molecule has 5 heteroatoms. The first kappa shape index (κ1) is 15.1. The van der Waals surface area contributed by atoms with E-state index in [0.29, 0.717) is 23.6 Å². The van der Waals surface area contributed by atoms with E-state index in [1.807, 2.05) is 37.3 Å². The van der Waals surface area contributed by atoms with Gasteiger partial charge in [0.1, 0.15) is 17.0 Å². The Morgan fingerprint density at radius 2 is 1.96 bits per heavy atom. The van der Waals surface area contributed by atoms with Crippen LogP contribution in [0.5, 0.6) is 11.5 Å². The summed E-state index contributed by atoms with van der Waals surface area (Å²) in [5, 5.41) is 0.855. The van der Waals surface area contributed by atoms with Crippen molar-refractivity contribution in [2.45, 2.75) is 13.5 Å². The van der Waals surface area contributed by atoms with Crippen molar-refractivity contribution in [3.8, 4) is 11.5 Å². The second kappa shape index (κ2) is 6.12. The van der Waals surface area contributed by atoms with Gasteiger partial charge in [-0.1, -0.05) is 0 Å². The van der Waals surface area contributed by atoms with Gasteiger partial charge in [-0.3, -0.25) is 9.78 Å². The number of aryl methyl sites for hydroxylation is 1. The molecule has 0 bridgehead atoms. The van der Waals surface area contributed by atoms with E-state index in [-0.39, 0.29) is 5.56 Å². The Kier molecular flexibility index (Phi) is 4.02. The van der Waals surface area contributed by atoms with Gasteiger partial charge in [0.2, 0.25) is 0 Å². The number of methoxy groups -OCH3 is 2. The van der Waals surface area contributed by atoms with E-state index in [2.05, 4.69) is 4.98 Å². The predicted molar refractivity (Wildman–Crippen MR) is 89.4 cm³/mol. The van der Waals surface area contributed by atoms with Gasteiger partial charge in [0.05, 0.1) is 20.8 Å². The second-order valence-electron chi connectivity index (χ2n) is 5.38. The van der Waals surface area contributed by atoms with Crippen LogP contribution in [0.15, 0.2) is 47.5 Å². The first-order valence-corrected chi connectivity index (χ1v) is 7.29. The zero-order chi connectivity index (χ0) is 16.4. The molecular formula is C18H18N2O3. The van der Waals surface area contributed by atoms with Gasteiger partial charge in [0.25, 0.3) is 5.56 Å². The number of hydrogen-bond acceptors (Lipinski definition) is 4. The third-order valence-electron chi connectivity index (χ3n) is 3.79. The number of pyridine rings is 2. The Hall–Kier alpha value is -2.82. The summed E-state index contributed by atoms with van der Waals surface area (Å²) in [4.78, 5) is 16.9. The zero-order valence-corrected chi connectivity index (χ0v) is 13.4. The quantitative estimate of drug-likeness (QED) is 0.743. The van der Waals surface area contributed by atoms with Crippen LogP contribution < -0.4 is 15.0 Å². The van der Waals surface area contributed by atoms with Gasteiger partial charge >= 0.3 is 0 Å². The van der Waals surface area contributed by atoms with Crippen molar-refractivity contribution in [2.75, 3.05) is 14.2 Å². The Morgan fingerprint density at radius 1 is 1.13 bits per heavy atom. The molecule has 0 unspecified atom stereocenters. The number of fused-ring (bicyclic) bond motifs is 1. The molecule has 0 aliphatic heterocycles. The molecule has 0 fully saturated rings. The van der Waals surface area contributed by atoms with E-state index in [1.54, 1.807) is 31.2 Å². The van der Waals surface area contributed by atoms with Crippen LogP contribution in [0.4, 0.5) is 0 Å². The van der Waals surface area contributed by atoms with Crippen molar-refractivity contribution in [3.63, 3.8) is 0 Å². The lowest BCUT2D eigenvalue weighted by Crippen LogP contribution is -2.21. The molecule has 2 aromatic heterocycles. The Labute approximate surface area is 134 Å². The summed E-state index contributed by atoms with van der Waals surface area (Å²) >= 11 is 0. The average Bonchev–Trinajstić information content (AvgIpc) is 2.57. The molecule has 0 saturated carbocycles. The lowest BCUT2D eigenvalue weighted by atomic mass is 10.1. The fourth-order valence-electron chi connectivity index (χ4n) is 2.56. The molecule has 0 spiro atoms. The molecule has 0 aliphatic carbocycles. The Bertz CT molecular complexity index is 916. The van der Waals surface area contributed by atoms with Crippen molar-refractivity contribution in [2.24, 2.45) is 0 Å². The van der Waals surface area contributed by atoms with Gasteiger partial charge in [-0.25, -0.2) is 0 Å². The van der Waals surface area contributed by atoms with Crippen molar-refractivity contribution < 1.29 is 9.47 Å². The summed E-state index contributed by atoms with van der Waals surface area (Å²) in [7, 11) is 3.21. The van der Waals surface area contributed by atoms with E-state index in [0.717, 1.165) is 16.5 Å². The number of hydrogen-bond donors (Lipinski definition) is 0. The minimum Gasteiger partial charge on any atom is -0.497 e. The van der Waals surface area contributed by atoms with Crippen LogP contribution in [-0.2, 0) is 6.54 Å². The van der Waals surface area contributed by atoms with E-state index in [9.17, 15) is 4.79 Å². The van der Waals surface area contributed by atoms with E-state index in [1.165, 1.54) is 0 Å². The number of aromatic nitrogens is 2. The van der Waals surface area contributed by atoms with E-state index < -0.39 is 0 Å². The molecule has 0 atom stereocenters. The van der Waals surface area contributed by atoms with Crippen LogP contribution in [-0.4, -0.2) is 23.8 Å². The summed E-state index contributed by atoms with van der Waals surface area (Å²) < 4.78 is 12.2. The van der Waals surface area contributed by atoms with Gasteiger partial charge in [-0.2, -0.15) is 0 Å². The van der Waals surface area contributed by atoms with Crippen LogP contribution >= 0.6 is 0 Å². The smallest absolute Gasteiger partial charge is 0.277 e. The average molecular weight is 310 g/mol. The standard InChI is InChI=1S/C18H18N2O3/c1-12-8-13-6-7-20(18(21)17(13)19-10-12)11-14-4-5-15(22-2)9-16(14)23-3/h4-10H,11H2,1-3H3. The summed E-state index contributed by atoms with van der Waals surface area (Å²) in [6.45, 7) is 2.37. The molecule has 3 rings (SSSR count). The van der Waals surface area contributed by atoms with Crippen LogP contribution in [0.3, 0.4) is 0 Å². The van der Waals surface area contributed by atoms with E-state index in [4.69, 9.17) is 9.47 Å². The van der Waals surface area contributed by atoms with E-state index >= 15 is 0 Å². The monoisotopic (exact) mass is 310 g/mol. The van der Waals surface area contributed by atoms with Crippen molar-refractivity contribution in [1.29, 1.82) is 0 Å².